The van der Waals surface area contributed by atoms with Crippen LogP contribution < -0.4 is 4.74 Å². The van der Waals surface area contributed by atoms with Gasteiger partial charge in [0.25, 0.3) is 0 Å². The van der Waals surface area contributed by atoms with Gasteiger partial charge in [-0.15, -0.1) is 0 Å². The molecule has 19 heavy (non-hydrogen) atoms. The van der Waals surface area contributed by atoms with Crippen LogP contribution in [0.15, 0.2) is 53.3 Å². The maximum Gasteiger partial charge on any atom is 0.134 e. The van der Waals surface area contributed by atoms with E-state index < -0.39 is 0 Å². The van der Waals surface area contributed by atoms with E-state index >= 15 is 0 Å². The van der Waals surface area contributed by atoms with Gasteiger partial charge in [0.05, 0.1) is 10.7 Å². The van der Waals surface area contributed by atoms with E-state index in [0.717, 1.165) is 21.2 Å². The summed E-state index contributed by atoms with van der Waals surface area (Å²) in [5, 5.41) is 6.48. The average Bonchev–Trinajstić information content (AvgIpc) is 2.84. The van der Waals surface area contributed by atoms with Gasteiger partial charge in [-0.25, -0.2) is 0 Å². The molecule has 96 valence electrons. The summed E-state index contributed by atoms with van der Waals surface area (Å²) >= 11 is 3.61. The molecule has 1 aromatic heterocycles. The highest BCUT2D eigenvalue weighted by Crippen LogP contribution is 2.33. The molecule has 0 unspecified atom stereocenters. The average molecular weight is 317 g/mol. The molecule has 3 nitrogen and oxygen atoms in total. The Balaban J connectivity index is 1.87. The van der Waals surface area contributed by atoms with Crippen LogP contribution in [-0.2, 0) is 13.7 Å². The summed E-state index contributed by atoms with van der Waals surface area (Å²) in [4.78, 5) is 0. The largest absolute Gasteiger partial charge is 0.488 e. The fraction of sp³-hybridized carbons (Fsp3) is 0.133. The maximum absolute atomic E-state index is 5.84. The Labute approximate surface area is 119 Å². The highest BCUT2D eigenvalue weighted by atomic mass is 79.9. The van der Waals surface area contributed by atoms with Gasteiger partial charge in [-0.1, -0.05) is 30.3 Å². The lowest BCUT2D eigenvalue weighted by atomic mass is 10.1. The highest BCUT2D eigenvalue weighted by Gasteiger charge is 2.06. The Kier molecular flexibility index (Phi) is 3.25. The molecule has 0 atom stereocenters. The number of hydrogen-bond acceptors (Lipinski definition) is 2. The SMILES string of the molecule is Cn1cc(COc2ccc3ccccc3c2Br)cn1. The third kappa shape index (κ3) is 2.49. The molecule has 0 aliphatic rings. The molecule has 2 aromatic carbocycles. The molecule has 3 aromatic rings. The van der Waals surface area contributed by atoms with E-state index in [4.69, 9.17) is 4.74 Å². The lowest BCUT2D eigenvalue weighted by molar-refractivity contribution is 0.304. The summed E-state index contributed by atoms with van der Waals surface area (Å²) < 4.78 is 8.61. The third-order valence-corrected chi connectivity index (χ3v) is 3.80. The van der Waals surface area contributed by atoms with Crippen LogP contribution in [0, 0.1) is 0 Å². The molecule has 1 heterocycles. The number of hydrogen-bond donors (Lipinski definition) is 0. The Bertz CT molecular complexity index is 721. The fourth-order valence-corrected chi connectivity index (χ4v) is 2.64. The zero-order chi connectivity index (χ0) is 13.2. The number of nitrogens with zero attached hydrogens (tertiary/aromatic N) is 2. The molecule has 0 saturated heterocycles. The lowest BCUT2D eigenvalue weighted by Crippen LogP contribution is -1.95. The first-order chi connectivity index (χ1) is 9.24. The minimum absolute atomic E-state index is 0.519. The molecule has 4 heteroatoms. The molecule has 0 fully saturated rings. The molecule has 0 aliphatic heterocycles. The van der Waals surface area contributed by atoms with Gasteiger partial charge in [0.1, 0.15) is 12.4 Å². The van der Waals surface area contributed by atoms with Crippen molar-refractivity contribution in [3.05, 3.63) is 58.8 Å². The van der Waals surface area contributed by atoms with Crippen LogP contribution in [0.2, 0.25) is 0 Å². The molecule has 0 amide bonds. The Morgan fingerprint density at radius 3 is 2.84 bits per heavy atom. The number of aromatic nitrogens is 2. The summed E-state index contributed by atoms with van der Waals surface area (Å²) in [7, 11) is 1.90. The van der Waals surface area contributed by atoms with Gasteiger partial charge >= 0.3 is 0 Å². The van der Waals surface area contributed by atoms with Gasteiger partial charge < -0.3 is 4.74 Å². The second kappa shape index (κ2) is 5.05. The van der Waals surface area contributed by atoms with E-state index in [-0.39, 0.29) is 0 Å². The Morgan fingerprint density at radius 1 is 1.21 bits per heavy atom. The Morgan fingerprint density at radius 2 is 2.05 bits per heavy atom. The second-order valence-electron chi connectivity index (χ2n) is 4.41. The minimum Gasteiger partial charge on any atom is -0.488 e. The summed E-state index contributed by atoms with van der Waals surface area (Å²) in [6.45, 7) is 0.519. The molecule has 0 bridgehead atoms. The zero-order valence-electron chi connectivity index (χ0n) is 10.5. The molecule has 0 N–H and O–H groups in total. The topological polar surface area (TPSA) is 27.1 Å². The first-order valence-corrected chi connectivity index (χ1v) is 6.81. The standard InChI is InChI=1S/C15H13BrN2O/c1-18-9-11(8-17-18)10-19-14-7-6-12-4-2-3-5-13(12)15(14)16/h2-9H,10H2,1H3. The predicted molar refractivity (Wildman–Crippen MR) is 79.2 cm³/mol. The highest BCUT2D eigenvalue weighted by molar-refractivity contribution is 9.10. The van der Waals surface area contributed by atoms with Gasteiger partial charge in [-0.3, -0.25) is 4.68 Å². The number of aryl methyl sites for hydroxylation is 1. The van der Waals surface area contributed by atoms with Crippen LogP contribution >= 0.6 is 15.9 Å². The van der Waals surface area contributed by atoms with Crippen molar-refractivity contribution in [3.63, 3.8) is 0 Å². The summed E-state index contributed by atoms with van der Waals surface area (Å²) in [6, 6.07) is 12.3. The zero-order valence-corrected chi connectivity index (χ0v) is 12.1. The number of fused-ring (bicyclic) bond motifs is 1. The smallest absolute Gasteiger partial charge is 0.134 e. The normalized spacial score (nSPS) is 10.8. The first-order valence-electron chi connectivity index (χ1n) is 6.01. The van der Waals surface area contributed by atoms with Crippen molar-refractivity contribution in [2.45, 2.75) is 6.61 Å². The van der Waals surface area contributed by atoms with Crippen molar-refractivity contribution in [2.24, 2.45) is 7.05 Å². The van der Waals surface area contributed by atoms with Crippen molar-refractivity contribution in [3.8, 4) is 5.75 Å². The molecule has 0 radical (unpaired) electrons. The second-order valence-corrected chi connectivity index (χ2v) is 5.20. The van der Waals surface area contributed by atoms with Crippen molar-refractivity contribution < 1.29 is 4.74 Å². The fourth-order valence-electron chi connectivity index (χ4n) is 2.03. The van der Waals surface area contributed by atoms with E-state index in [9.17, 15) is 0 Å². The quantitative estimate of drug-likeness (QED) is 0.732. The van der Waals surface area contributed by atoms with Gasteiger partial charge in [0.15, 0.2) is 0 Å². The van der Waals surface area contributed by atoms with Gasteiger partial charge in [-0.05, 0) is 32.8 Å². The van der Waals surface area contributed by atoms with E-state index in [1.807, 2.05) is 37.6 Å². The predicted octanol–water partition coefficient (Wildman–Crippen LogP) is 3.91. The van der Waals surface area contributed by atoms with Gasteiger partial charge in [0, 0.05) is 18.8 Å². The third-order valence-electron chi connectivity index (χ3n) is 2.98. The van der Waals surface area contributed by atoms with Crippen molar-refractivity contribution in [1.29, 1.82) is 0 Å². The number of halogens is 1. The van der Waals surface area contributed by atoms with Crippen LogP contribution in [0.3, 0.4) is 0 Å². The van der Waals surface area contributed by atoms with E-state index in [0.29, 0.717) is 6.61 Å². The van der Waals surface area contributed by atoms with Crippen LogP contribution in [0.5, 0.6) is 5.75 Å². The molecule has 0 aliphatic carbocycles. The lowest BCUT2D eigenvalue weighted by Gasteiger charge is -2.09. The summed E-state index contributed by atoms with van der Waals surface area (Å²) in [5.41, 5.74) is 1.06. The molecule has 0 saturated carbocycles. The van der Waals surface area contributed by atoms with Gasteiger partial charge in [-0.2, -0.15) is 5.10 Å². The van der Waals surface area contributed by atoms with Gasteiger partial charge in [0.2, 0.25) is 0 Å². The summed E-state index contributed by atoms with van der Waals surface area (Å²) in [5.74, 6) is 0.850. The molecule has 3 rings (SSSR count). The van der Waals surface area contributed by atoms with E-state index in [1.54, 1.807) is 4.68 Å². The number of rotatable bonds is 3. The Hall–Kier alpha value is -1.81. The van der Waals surface area contributed by atoms with Crippen LogP contribution in [0.1, 0.15) is 5.56 Å². The minimum atomic E-state index is 0.519. The van der Waals surface area contributed by atoms with Crippen LogP contribution in [-0.4, -0.2) is 9.78 Å². The number of benzene rings is 2. The van der Waals surface area contributed by atoms with Crippen LogP contribution in [0.4, 0.5) is 0 Å². The molecule has 0 spiro atoms. The maximum atomic E-state index is 5.84. The first kappa shape index (κ1) is 12.2. The van der Waals surface area contributed by atoms with E-state index in [1.165, 1.54) is 5.39 Å². The summed E-state index contributed by atoms with van der Waals surface area (Å²) in [6.07, 6.45) is 3.77. The monoisotopic (exact) mass is 316 g/mol. The number of ether oxygens (including phenoxy) is 1. The van der Waals surface area contributed by atoms with Crippen LogP contribution in [0.25, 0.3) is 10.8 Å². The van der Waals surface area contributed by atoms with E-state index in [2.05, 4.69) is 39.2 Å². The van der Waals surface area contributed by atoms with Crippen molar-refractivity contribution in [1.82, 2.24) is 9.78 Å². The molecular weight excluding hydrogens is 304 g/mol. The van der Waals surface area contributed by atoms with Crippen molar-refractivity contribution in [2.75, 3.05) is 0 Å². The molecular formula is C15H13BrN2O. The van der Waals surface area contributed by atoms with Crippen molar-refractivity contribution >= 4 is 26.7 Å².